The van der Waals surface area contributed by atoms with Gasteiger partial charge in [-0.1, -0.05) is 13.8 Å². The molecular formula is C12H23N3O. The van der Waals surface area contributed by atoms with E-state index in [9.17, 15) is 5.11 Å². The van der Waals surface area contributed by atoms with Crippen LogP contribution >= 0.6 is 0 Å². The second-order valence-corrected chi connectivity index (χ2v) is 4.18. The van der Waals surface area contributed by atoms with Crippen LogP contribution in [0.2, 0.25) is 0 Å². The number of aryl methyl sites for hydroxylation is 2. The van der Waals surface area contributed by atoms with Crippen molar-refractivity contribution < 1.29 is 5.11 Å². The highest BCUT2D eigenvalue weighted by molar-refractivity contribution is 5.26. The number of hydrogen-bond acceptors (Lipinski definition) is 3. The molecule has 0 fully saturated rings. The molecule has 1 atom stereocenters. The third-order valence-electron chi connectivity index (χ3n) is 2.77. The van der Waals surface area contributed by atoms with Crippen LogP contribution in [0.4, 0.5) is 0 Å². The smallest absolute Gasteiger partial charge is 0.0669 e. The molecule has 0 radical (unpaired) electrons. The third kappa shape index (κ3) is 3.06. The van der Waals surface area contributed by atoms with Crippen molar-refractivity contribution in [3.05, 3.63) is 17.0 Å². The van der Waals surface area contributed by atoms with Gasteiger partial charge < -0.3 is 10.4 Å². The SMILES string of the molecule is CCc1nn(C)c(CC)c1CNC[C@H](C)O. The van der Waals surface area contributed by atoms with Crippen molar-refractivity contribution in [2.75, 3.05) is 6.54 Å². The fourth-order valence-electron chi connectivity index (χ4n) is 2.00. The van der Waals surface area contributed by atoms with Crippen molar-refractivity contribution in [3.8, 4) is 0 Å². The van der Waals surface area contributed by atoms with Crippen LogP contribution in [0, 0.1) is 0 Å². The molecule has 4 nitrogen and oxygen atoms in total. The van der Waals surface area contributed by atoms with E-state index in [-0.39, 0.29) is 6.10 Å². The summed E-state index contributed by atoms with van der Waals surface area (Å²) >= 11 is 0. The Morgan fingerprint density at radius 2 is 2.06 bits per heavy atom. The number of aromatic nitrogens is 2. The molecule has 0 aliphatic rings. The molecule has 0 amide bonds. The lowest BCUT2D eigenvalue weighted by atomic mass is 10.1. The molecule has 1 rings (SSSR count). The van der Waals surface area contributed by atoms with Crippen molar-refractivity contribution >= 4 is 0 Å². The maximum absolute atomic E-state index is 9.21. The lowest BCUT2D eigenvalue weighted by molar-refractivity contribution is 0.191. The zero-order valence-electron chi connectivity index (χ0n) is 10.7. The van der Waals surface area contributed by atoms with Gasteiger partial charge in [0.05, 0.1) is 11.8 Å². The molecule has 0 aliphatic heterocycles. The first-order valence-corrected chi connectivity index (χ1v) is 6.02. The van der Waals surface area contributed by atoms with Crippen molar-refractivity contribution in [3.63, 3.8) is 0 Å². The molecule has 16 heavy (non-hydrogen) atoms. The largest absolute Gasteiger partial charge is 0.392 e. The second kappa shape index (κ2) is 6.01. The zero-order chi connectivity index (χ0) is 12.1. The summed E-state index contributed by atoms with van der Waals surface area (Å²) < 4.78 is 1.97. The molecule has 0 aliphatic carbocycles. The molecule has 1 aromatic rings. The molecule has 0 saturated heterocycles. The molecule has 1 aromatic heterocycles. The quantitative estimate of drug-likeness (QED) is 0.760. The van der Waals surface area contributed by atoms with Crippen LogP contribution in [0.5, 0.6) is 0 Å². The maximum atomic E-state index is 9.21. The molecule has 92 valence electrons. The first-order valence-electron chi connectivity index (χ1n) is 6.02. The lowest BCUT2D eigenvalue weighted by Gasteiger charge is -2.08. The van der Waals surface area contributed by atoms with Crippen molar-refractivity contribution in [1.82, 2.24) is 15.1 Å². The first-order chi connectivity index (χ1) is 7.60. The predicted molar refractivity (Wildman–Crippen MR) is 65.4 cm³/mol. The topological polar surface area (TPSA) is 50.1 Å². The van der Waals surface area contributed by atoms with Gasteiger partial charge in [0, 0.05) is 31.4 Å². The molecule has 0 spiro atoms. The highest BCUT2D eigenvalue weighted by atomic mass is 16.3. The van der Waals surface area contributed by atoms with Crippen LogP contribution in [0.1, 0.15) is 37.7 Å². The Labute approximate surface area is 97.7 Å². The number of rotatable bonds is 6. The van der Waals surface area contributed by atoms with Gasteiger partial charge in [-0.05, 0) is 19.8 Å². The summed E-state index contributed by atoms with van der Waals surface area (Å²) in [4.78, 5) is 0. The normalized spacial score (nSPS) is 13.1. The van der Waals surface area contributed by atoms with Crippen LogP contribution in [0.3, 0.4) is 0 Å². The Bertz CT molecular complexity index is 331. The van der Waals surface area contributed by atoms with Gasteiger partial charge in [-0.15, -0.1) is 0 Å². The Balaban J connectivity index is 2.75. The Kier molecular flexibility index (Phi) is 4.96. The van der Waals surface area contributed by atoms with Crippen molar-refractivity contribution in [2.45, 2.75) is 46.3 Å². The Morgan fingerprint density at radius 1 is 1.38 bits per heavy atom. The number of nitrogens with one attached hydrogen (secondary N) is 1. The van der Waals surface area contributed by atoms with Crippen LogP contribution in [-0.2, 0) is 26.4 Å². The molecule has 0 unspecified atom stereocenters. The summed E-state index contributed by atoms with van der Waals surface area (Å²) in [6, 6.07) is 0. The van der Waals surface area contributed by atoms with E-state index in [0.29, 0.717) is 6.54 Å². The van der Waals surface area contributed by atoms with E-state index in [1.165, 1.54) is 11.3 Å². The van der Waals surface area contributed by atoms with E-state index in [0.717, 1.165) is 25.1 Å². The van der Waals surface area contributed by atoms with Gasteiger partial charge in [-0.3, -0.25) is 4.68 Å². The fourth-order valence-corrected chi connectivity index (χ4v) is 2.00. The van der Waals surface area contributed by atoms with Gasteiger partial charge in [0.25, 0.3) is 0 Å². The molecule has 0 aromatic carbocycles. The van der Waals surface area contributed by atoms with Gasteiger partial charge >= 0.3 is 0 Å². The van der Waals surface area contributed by atoms with Crippen molar-refractivity contribution in [1.29, 1.82) is 0 Å². The third-order valence-corrected chi connectivity index (χ3v) is 2.77. The maximum Gasteiger partial charge on any atom is 0.0669 e. The van der Waals surface area contributed by atoms with Crippen molar-refractivity contribution in [2.24, 2.45) is 7.05 Å². The average Bonchev–Trinajstić information content (AvgIpc) is 2.54. The highest BCUT2D eigenvalue weighted by Crippen LogP contribution is 2.14. The minimum atomic E-state index is -0.299. The van der Waals surface area contributed by atoms with E-state index in [4.69, 9.17) is 0 Å². The summed E-state index contributed by atoms with van der Waals surface area (Å²) in [7, 11) is 2.00. The zero-order valence-corrected chi connectivity index (χ0v) is 10.7. The summed E-state index contributed by atoms with van der Waals surface area (Å²) in [5.41, 5.74) is 3.75. The molecule has 1 heterocycles. The number of hydrogen-bond donors (Lipinski definition) is 2. The van der Waals surface area contributed by atoms with Gasteiger partial charge in [-0.2, -0.15) is 5.10 Å². The van der Waals surface area contributed by atoms with Gasteiger partial charge in [0.1, 0.15) is 0 Å². The van der Waals surface area contributed by atoms with Crippen LogP contribution < -0.4 is 5.32 Å². The summed E-state index contributed by atoms with van der Waals surface area (Å²) in [6.45, 7) is 7.48. The van der Waals surface area contributed by atoms with E-state index in [1.807, 2.05) is 11.7 Å². The number of aliphatic hydroxyl groups is 1. The van der Waals surface area contributed by atoms with Crippen LogP contribution in [0.15, 0.2) is 0 Å². The average molecular weight is 225 g/mol. The minimum absolute atomic E-state index is 0.299. The molecule has 4 heteroatoms. The highest BCUT2D eigenvalue weighted by Gasteiger charge is 2.12. The van der Waals surface area contributed by atoms with Crippen LogP contribution in [0.25, 0.3) is 0 Å². The number of aliphatic hydroxyl groups excluding tert-OH is 1. The molecule has 0 saturated carbocycles. The predicted octanol–water partition coefficient (Wildman–Crippen LogP) is 1.02. The van der Waals surface area contributed by atoms with E-state index in [2.05, 4.69) is 24.3 Å². The molecule has 0 bridgehead atoms. The van der Waals surface area contributed by atoms with E-state index >= 15 is 0 Å². The fraction of sp³-hybridized carbons (Fsp3) is 0.750. The lowest BCUT2D eigenvalue weighted by Crippen LogP contribution is -2.24. The Hall–Kier alpha value is -0.870. The summed E-state index contributed by atoms with van der Waals surface area (Å²) in [5.74, 6) is 0. The van der Waals surface area contributed by atoms with E-state index < -0.39 is 0 Å². The standard InChI is InChI=1S/C12H23N3O/c1-5-11-10(8-13-7-9(3)16)12(6-2)15(4)14-11/h9,13,16H,5-8H2,1-4H3/t9-/m0/s1. The van der Waals surface area contributed by atoms with E-state index in [1.54, 1.807) is 6.92 Å². The monoisotopic (exact) mass is 225 g/mol. The first kappa shape index (κ1) is 13.2. The molecule has 2 N–H and O–H groups in total. The minimum Gasteiger partial charge on any atom is -0.392 e. The summed E-state index contributed by atoms with van der Waals surface area (Å²) in [5, 5.41) is 17.0. The number of nitrogens with zero attached hydrogens (tertiary/aromatic N) is 2. The second-order valence-electron chi connectivity index (χ2n) is 4.18. The van der Waals surface area contributed by atoms with Gasteiger partial charge in [0.15, 0.2) is 0 Å². The van der Waals surface area contributed by atoms with Gasteiger partial charge in [-0.25, -0.2) is 0 Å². The molecular weight excluding hydrogens is 202 g/mol. The Morgan fingerprint density at radius 3 is 2.56 bits per heavy atom. The summed E-state index contributed by atoms with van der Waals surface area (Å²) in [6.07, 6.45) is 1.65. The van der Waals surface area contributed by atoms with Gasteiger partial charge in [0.2, 0.25) is 0 Å². The van der Waals surface area contributed by atoms with Crippen LogP contribution in [-0.4, -0.2) is 27.5 Å².